The Morgan fingerprint density at radius 1 is 1.61 bits per heavy atom. The molecule has 18 heavy (non-hydrogen) atoms. The van der Waals surface area contributed by atoms with Crippen LogP contribution in [-0.2, 0) is 18.3 Å². The number of hydrogen-bond donors (Lipinski definition) is 1. The minimum atomic E-state index is -0.420. The van der Waals surface area contributed by atoms with E-state index in [0.29, 0.717) is 17.4 Å². The summed E-state index contributed by atoms with van der Waals surface area (Å²) in [7, 11) is 3.24. The molecule has 0 radical (unpaired) electrons. The maximum Gasteiger partial charge on any atom is 0.357 e. The van der Waals surface area contributed by atoms with Gasteiger partial charge in [-0.1, -0.05) is 0 Å². The van der Waals surface area contributed by atoms with Crippen LogP contribution in [0.2, 0.25) is 0 Å². The molecule has 0 bridgehead atoms. The van der Waals surface area contributed by atoms with Gasteiger partial charge in [0, 0.05) is 30.2 Å². The van der Waals surface area contributed by atoms with E-state index in [4.69, 9.17) is 0 Å². The van der Waals surface area contributed by atoms with Crippen LogP contribution in [0.15, 0.2) is 11.6 Å². The number of thiazole rings is 1. The number of hydrogen-bond acceptors (Lipinski definition) is 6. The van der Waals surface area contributed by atoms with Gasteiger partial charge in [0.25, 0.3) is 0 Å². The molecule has 0 aliphatic rings. The molecule has 2 rings (SSSR count). The Morgan fingerprint density at radius 3 is 3.00 bits per heavy atom. The van der Waals surface area contributed by atoms with Crippen molar-refractivity contribution in [3.8, 4) is 0 Å². The van der Waals surface area contributed by atoms with Gasteiger partial charge < -0.3 is 10.1 Å². The fourth-order valence-corrected chi connectivity index (χ4v) is 2.12. The molecule has 0 saturated carbocycles. The average molecular weight is 266 g/mol. The first-order chi connectivity index (χ1) is 8.61. The van der Waals surface area contributed by atoms with Gasteiger partial charge in [-0.25, -0.2) is 9.78 Å². The highest BCUT2D eigenvalue weighted by atomic mass is 32.1. The van der Waals surface area contributed by atoms with E-state index in [1.807, 2.05) is 24.9 Å². The molecule has 0 aliphatic carbocycles. The summed E-state index contributed by atoms with van der Waals surface area (Å²) >= 11 is 1.37. The standard InChI is InChI=1S/C11H14N4O2S/c1-7-8(5-13-15(7)2)4-12-11-14-9(6-18-11)10(16)17-3/h5-6H,4H2,1-3H3,(H,12,14). The van der Waals surface area contributed by atoms with Crippen molar-refractivity contribution < 1.29 is 9.53 Å². The Morgan fingerprint density at radius 2 is 2.39 bits per heavy atom. The second kappa shape index (κ2) is 5.18. The second-order valence-electron chi connectivity index (χ2n) is 3.76. The van der Waals surface area contributed by atoms with Crippen LogP contribution in [0, 0.1) is 6.92 Å². The van der Waals surface area contributed by atoms with Crippen molar-refractivity contribution >= 4 is 22.4 Å². The first-order valence-corrected chi connectivity index (χ1v) is 6.25. The number of aromatic nitrogens is 3. The lowest BCUT2D eigenvalue weighted by molar-refractivity contribution is 0.0595. The molecule has 0 amide bonds. The number of nitrogens with one attached hydrogen (secondary N) is 1. The third-order valence-electron chi connectivity index (χ3n) is 2.67. The molecule has 0 atom stereocenters. The van der Waals surface area contributed by atoms with Gasteiger partial charge in [0.05, 0.1) is 13.3 Å². The van der Waals surface area contributed by atoms with Gasteiger partial charge in [0.1, 0.15) is 0 Å². The summed E-state index contributed by atoms with van der Waals surface area (Å²) in [5, 5.41) is 9.69. The van der Waals surface area contributed by atoms with E-state index in [1.54, 1.807) is 5.38 Å². The number of carbonyl (C=O) groups excluding carboxylic acids is 1. The molecule has 0 spiro atoms. The summed E-state index contributed by atoms with van der Waals surface area (Å²) in [4.78, 5) is 15.4. The van der Waals surface area contributed by atoms with Crippen LogP contribution in [0.3, 0.4) is 0 Å². The highest BCUT2D eigenvalue weighted by Gasteiger charge is 2.11. The minimum Gasteiger partial charge on any atom is -0.464 e. The molecule has 0 fully saturated rings. The van der Waals surface area contributed by atoms with Crippen molar-refractivity contribution in [1.29, 1.82) is 0 Å². The SMILES string of the molecule is COC(=O)c1csc(NCc2cnn(C)c2C)n1. The molecule has 6 nitrogen and oxygen atoms in total. The summed E-state index contributed by atoms with van der Waals surface area (Å²) in [6, 6.07) is 0. The van der Waals surface area contributed by atoms with Gasteiger partial charge in [0.15, 0.2) is 10.8 Å². The van der Waals surface area contributed by atoms with Crippen LogP contribution in [0.5, 0.6) is 0 Å². The Hall–Kier alpha value is -1.89. The zero-order valence-electron chi connectivity index (χ0n) is 10.4. The van der Waals surface area contributed by atoms with Crippen LogP contribution in [0.4, 0.5) is 5.13 Å². The fraction of sp³-hybridized carbons (Fsp3) is 0.364. The molecule has 0 aliphatic heterocycles. The predicted molar refractivity (Wildman–Crippen MR) is 68.7 cm³/mol. The highest BCUT2D eigenvalue weighted by Crippen LogP contribution is 2.17. The first-order valence-electron chi connectivity index (χ1n) is 5.37. The van der Waals surface area contributed by atoms with E-state index in [9.17, 15) is 4.79 Å². The van der Waals surface area contributed by atoms with E-state index in [2.05, 4.69) is 20.1 Å². The third kappa shape index (κ3) is 2.51. The van der Waals surface area contributed by atoms with E-state index < -0.39 is 5.97 Å². The second-order valence-corrected chi connectivity index (χ2v) is 4.62. The lowest BCUT2D eigenvalue weighted by Crippen LogP contribution is -2.04. The maximum absolute atomic E-state index is 11.2. The molecular weight excluding hydrogens is 252 g/mol. The van der Waals surface area contributed by atoms with Crippen LogP contribution in [0.1, 0.15) is 21.7 Å². The third-order valence-corrected chi connectivity index (χ3v) is 3.47. The Labute approximate surface area is 109 Å². The Kier molecular flexibility index (Phi) is 3.61. The van der Waals surface area contributed by atoms with Crippen LogP contribution in [-0.4, -0.2) is 27.8 Å². The van der Waals surface area contributed by atoms with Crippen LogP contribution >= 0.6 is 11.3 Å². The number of aryl methyl sites for hydroxylation is 1. The van der Waals surface area contributed by atoms with Gasteiger partial charge in [-0.2, -0.15) is 5.10 Å². The van der Waals surface area contributed by atoms with Gasteiger partial charge in [-0.05, 0) is 6.92 Å². The predicted octanol–water partition coefficient (Wildman–Crippen LogP) is 1.58. The molecule has 2 aromatic rings. The lowest BCUT2D eigenvalue weighted by Gasteiger charge is -2.01. The largest absolute Gasteiger partial charge is 0.464 e. The summed E-state index contributed by atoms with van der Waals surface area (Å²) in [5.74, 6) is -0.420. The molecular formula is C11H14N4O2S. The molecule has 2 heterocycles. The Balaban J connectivity index is 2.00. The molecule has 7 heteroatoms. The topological polar surface area (TPSA) is 69.0 Å². The van der Waals surface area contributed by atoms with E-state index in [1.165, 1.54) is 18.4 Å². The van der Waals surface area contributed by atoms with Crippen LogP contribution in [0.25, 0.3) is 0 Å². The van der Waals surface area contributed by atoms with Crippen LogP contribution < -0.4 is 5.32 Å². The number of anilines is 1. The zero-order chi connectivity index (χ0) is 13.1. The summed E-state index contributed by atoms with van der Waals surface area (Å²) in [5.41, 5.74) is 2.53. The number of esters is 1. The van der Waals surface area contributed by atoms with E-state index in [-0.39, 0.29) is 0 Å². The molecule has 0 unspecified atom stereocenters. The number of methoxy groups -OCH3 is 1. The lowest BCUT2D eigenvalue weighted by atomic mass is 10.2. The van der Waals surface area contributed by atoms with E-state index in [0.717, 1.165) is 11.3 Å². The van der Waals surface area contributed by atoms with Gasteiger partial charge in [-0.3, -0.25) is 4.68 Å². The van der Waals surface area contributed by atoms with Gasteiger partial charge in [0.2, 0.25) is 0 Å². The molecule has 0 saturated heterocycles. The number of rotatable bonds is 4. The fourth-order valence-electron chi connectivity index (χ4n) is 1.44. The summed E-state index contributed by atoms with van der Waals surface area (Å²) in [6.07, 6.45) is 1.82. The van der Waals surface area contributed by atoms with Crippen molar-refractivity contribution in [2.75, 3.05) is 12.4 Å². The van der Waals surface area contributed by atoms with Crippen molar-refractivity contribution in [3.63, 3.8) is 0 Å². The quantitative estimate of drug-likeness (QED) is 0.851. The molecule has 1 N–H and O–H groups in total. The van der Waals surface area contributed by atoms with E-state index >= 15 is 0 Å². The van der Waals surface area contributed by atoms with Gasteiger partial charge in [-0.15, -0.1) is 11.3 Å². The van der Waals surface area contributed by atoms with Crippen molar-refractivity contribution in [1.82, 2.24) is 14.8 Å². The summed E-state index contributed by atoms with van der Waals surface area (Å²) in [6.45, 7) is 2.64. The molecule has 2 aromatic heterocycles. The monoisotopic (exact) mass is 266 g/mol. The zero-order valence-corrected chi connectivity index (χ0v) is 11.2. The summed E-state index contributed by atoms with van der Waals surface area (Å²) < 4.78 is 6.42. The van der Waals surface area contributed by atoms with Crippen molar-refractivity contribution in [2.24, 2.45) is 7.05 Å². The molecule has 0 aromatic carbocycles. The number of nitrogens with zero attached hydrogens (tertiary/aromatic N) is 3. The number of carbonyl (C=O) groups is 1. The van der Waals surface area contributed by atoms with Gasteiger partial charge >= 0.3 is 5.97 Å². The average Bonchev–Trinajstić information content (AvgIpc) is 2.96. The minimum absolute atomic E-state index is 0.327. The van der Waals surface area contributed by atoms with Crippen molar-refractivity contribution in [3.05, 3.63) is 28.5 Å². The van der Waals surface area contributed by atoms with Crippen molar-refractivity contribution in [2.45, 2.75) is 13.5 Å². The first kappa shape index (κ1) is 12.6. The molecule has 96 valence electrons. The smallest absolute Gasteiger partial charge is 0.357 e. The Bertz CT molecular complexity index is 561. The normalized spacial score (nSPS) is 10.4. The number of ether oxygens (including phenoxy) is 1. The highest BCUT2D eigenvalue weighted by molar-refractivity contribution is 7.13. The maximum atomic E-state index is 11.2.